The van der Waals surface area contributed by atoms with Gasteiger partial charge in [-0.3, -0.25) is 4.79 Å². The van der Waals surface area contributed by atoms with Crippen molar-refractivity contribution >= 4 is 5.91 Å². The summed E-state index contributed by atoms with van der Waals surface area (Å²) in [4.78, 5) is 14.5. The molecule has 2 aromatic rings. The molecule has 2 heterocycles. The van der Waals surface area contributed by atoms with Crippen LogP contribution in [0.4, 0.5) is 4.39 Å². The van der Waals surface area contributed by atoms with E-state index in [1.54, 1.807) is 36.3 Å². The highest BCUT2D eigenvalue weighted by atomic mass is 19.1. The van der Waals surface area contributed by atoms with Gasteiger partial charge in [0, 0.05) is 18.7 Å². The number of halogens is 1. The number of rotatable bonds is 5. The summed E-state index contributed by atoms with van der Waals surface area (Å²) in [6.07, 6.45) is 3.55. The molecule has 0 spiro atoms. The van der Waals surface area contributed by atoms with Crippen molar-refractivity contribution in [3.8, 4) is 0 Å². The van der Waals surface area contributed by atoms with E-state index in [9.17, 15) is 9.18 Å². The Morgan fingerprint density at radius 3 is 2.91 bits per heavy atom. The maximum absolute atomic E-state index is 13.8. The lowest BCUT2D eigenvalue weighted by Crippen LogP contribution is -2.36. The Hall–Kier alpha value is -2.14. The lowest BCUT2D eigenvalue weighted by molar-refractivity contribution is 0.0491. The fourth-order valence-electron chi connectivity index (χ4n) is 2.75. The van der Waals surface area contributed by atoms with Gasteiger partial charge in [0.2, 0.25) is 0 Å². The third-order valence-electron chi connectivity index (χ3n) is 4.08. The second kappa shape index (κ2) is 6.96. The molecule has 1 aromatic carbocycles. The average Bonchev–Trinajstić information content (AvgIpc) is 3.22. The quantitative estimate of drug-likeness (QED) is 0.847. The number of nitrogens with zero attached hydrogens (tertiary/aromatic N) is 1. The van der Waals surface area contributed by atoms with E-state index in [0.717, 1.165) is 19.4 Å². The molecule has 1 aliphatic heterocycles. The van der Waals surface area contributed by atoms with Gasteiger partial charge in [-0.2, -0.15) is 0 Å². The van der Waals surface area contributed by atoms with Gasteiger partial charge in [-0.05, 0) is 49.6 Å². The molecule has 0 N–H and O–H groups in total. The van der Waals surface area contributed by atoms with E-state index in [1.807, 2.05) is 6.07 Å². The highest BCUT2D eigenvalue weighted by Gasteiger charge is 2.24. The fourth-order valence-corrected chi connectivity index (χ4v) is 2.75. The molecule has 5 heteroatoms. The van der Waals surface area contributed by atoms with Gasteiger partial charge in [0.15, 0.2) is 0 Å². The Morgan fingerprint density at radius 1 is 1.39 bits per heavy atom. The van der Waals surface area contributed by atoms with Gasteiger partial charge in [0.25, 0.3) is 5.91 Å². The van der Waals surface area contributed by atoms with E-state index in [2.05, 4.69) is 0 Å². The molecule has 1 fully saturated rings. The van der Waals surface area contributed by atoms with Crippen LogP contribution in [-0.2, 0) is 11.3 Å². The Bertz CT molecular complexity index is 663. The van der Waals surface area contributed by atoms with Crippen LogP contribution < -0.4 is 0 Å². The smallest absolute Gasteiger partial charge is 0.254 e. The number of carbonyl (C=O) groups excluding carboxylic acids is 1. The zero-order valence-electron chi connectivity index (χ0n) is 13.1. The summed E-state index contributed by atoms with van der Waals surface area (Å²) in [5, 5.41) is 0. The van der Waals surface area contributed by atoms with Crippen molar-refractivity contribution in [3.63, 3.8) is 0 Å². The molecule has 1 aromatic heterocycles. The maximum Gasteiger partial charge on any atom is 0.254 e. The predicted octanol–water partition coefficient (Wildman–Crippen LogP) is 3.55. The standard InChI is InChI=1S/C18H20FNO3/c1-13-6-7-14(10-17(13)19)18(21)20(11-15-4-2-8-22-15)12-16-5-3-9-23-16/h2,4,6-8,10,16H,3,5,9,11-12H2,1H3. The van der Waals surface area contributed by atoms with Crippen LogP contribution in [-0.4, -0.2) is 30.1 Å². The summed E-state index contributed by atoms with van der Waals surface area (Å²) in [5.41, 5.74) is 0.871. The van der Waals surface area contributed by atoms with Crippen LogP contribution in [0.25, 0.3) is 0 Å². The van der Waals surface area contributed by atoms with Gasteiger partial charge < -0.3 is 14.1 Å². The van der Waals surface area contributed by atoms with Crippen LogP contribution in [0.2, 0.25) is 0 Å². The highest BCUT2D eigenvalue weighted by molar-refractivity contribution is 5.94. The molecular weight excluding hydrogens is 297 g/mol. The first-order valence-corrected chi connectivity index (χ1v) is 7.83. The van der Waals surface area contributed by atoms with Crippen molar-refractivity contribution in [3.05, 3.63) is 59.3 Å². The summed E-state index contributed by atoms with van der Waals surface area (Å²) in [5.74, 6) is 0.116. The monoisotopic (exact) mass is 317 g/mol. The van der Waals surface area contributed by atoms with Crippen LogP contribution in [0.15, 0.2) is 41.0 Å². The Kier molecular flexibility index (Phi) is 4.76. The lowest BCUT2D eigenvalue weighted by atomic mass is 10.1. The van der Waals surface area contributed by atoms with Crippen molar-refractivity contribution in [2.24, 2.45) is 0 Å². The SMILES string of the molecule is Cc1ccc(C(=O)N(Cc2ccco2)CC2CCCO2)cc1F. The largest absolute Gasteiger partial charge is 0.467 e. The molecule has 0 bridgehead atoms. The van der Waals surface area contributed by atoms with Crippen molar-refractivity contribution in [2.45, 2.75) is 32.4 Å². The van der Waals surface area contributed by atoms with Crippen LogP contribution in [0.3, 0.4) is 0 Å². The van der Waals surface area contributed by atoms with Crippen molar-refractivity contribution in [1.29, 1.82) is 0 Å². The maximum atomic E-state index is 13.8. The Labute approximate surface area is 134 Å². The Morgan fingerprint density at radius 2 is 2.26 bits per heavy atom. The minimum atomic E-state index is -0.370. The molecule has 0 saturated carbocycles. The molecule has 1 aliphatic rings. The zero-order valence-corrected chi connectivity index (χ0v) is 13.1. The number of hydrogen-bond acceptors (Lipinski definition) is 3. The number of ether oxygens (including phenoxy) is 1. The first kappa shape index (κ1) is 15.7. The number of amides is 1. The number of furan rings is 1. The summed E-state index contributed by atoms with van der Waals surface area (Å²) in [7, 11) is 0. The van der Waals surface area contributed by atoms with Gasteiger partial charge in [-0.1, -0.05) is 6.07 Å². The molecular formula is C18H20FNO3. The fraction of sp³-hybridized carbons (Fsp3) is 0.389. The summed E-state index contributed by atoms with van der Waals surface area (Å²) in [6.45, 7) is 3.24. The second-order valence-corrected chi connectivity index (χ2v) is 5.86. The van der Waals surface area contributed by atoms with Crippen LogP contribution in [0, 0.1) is 12.7 Å². The van der Waals surface area contributed by atoms with E-state index in [0.29, 0.717) is 30.0 Å². The van der Waals surface area contributed by atoms with Crippen molar-refractivity contribution in [1.82, 2.24) is 4.90 Å². The van der Waals surface area contributed by atoms with E-state index in [4.69, 9.17) is 9.15 Å². The first-order chi connectivity index (χ1) is 11.1. The van der Waals surface area contributed by atoms with Crippen LogP contribution in [0.5, 0.6) is 0 Å². The molecule has 0 aliphatic carbocycles. The Balaban J connectivity index is 1.80. The minimum Gasteiger partial charge on any atom is -0.467 e. The first-order valence-electron chi connectivity index (χ1n) is 7.83. The van der Waals surface area contributed by atoms with Gasteiger partial charge in [0.05, 0.1) is 18.9 Å². The molecule has 23 heavy (non-hydrogen) atoms. The molecule has 4 nitrogen and oxygen atoms in total. The zero-order chi connectivity index (χ0) is 16.2. The number of carbonyl (C=O) groups is 1. The summed E-state index contributed by atoms with van der Waals surface area (Å²) >= 11 is 0. The van der Waals surface area contributed by atoms with Crippen LogP contribution >= 0.6 is 0 Å². The van der Waals surface area contributed by atoms with Crippen molar-refractivity contribution < 1.29 is 18.3 Å². The van der Waals surface area contributed by atoms with Crippen molar-refractivity contribution in [2.75, 3.05) is 13.2 Å². The van der Waals surface area contributed by atoms with Gasteiger partial charge in [-0.25, -0.2) is 4.39 Å². The molecule has 1 atom stereocenters. The molecule has 1 unspecified atom stereocenters. The normalized spacial score (nSPS) is 17.4. The van der Waals surface area contributed by atoms with Crippen LogP contribution in [0.1, 0.15) is 34.5 Å². The van der Waals surface area contributed by atoms with Gasteiger partial charge in [0.1, 0.15) is 11.6 Å². The number of aryl methyl sites for hydroxylation is 1. The minimum absolute atomic E-state index is 0.0317. The lowest BCUT2D eigenvalue weighted by Gasteiger charge is -2.25. The summed E-state index contributed by atoms with van der Waals surface area (Å²) < 4.78 is 24.8. The topological polar surface area (TPSA) is 42.7 Å². The molecule has 1 amide bonds. The third kappa shape index (κ3) is 3.79. The van der Waals surface area contributed by atoms with E-state index >= 15 is 0 Å². The highest BCUT2D eigenvalue weighted by Crippen LogP contribution is 2.18. The van der Waals surface area contributed by atoms with E-state index in [1.165, 1.54) is 6.07 Å². The third-order valence-corrected chi connectivity index (χ3v) is 4.08. The molecule has 3 rings (SSSR count). The van der Waals surface area contributed by atoms with Gasteiger partial charge in [-0.15, -0.1) is 0 Å². The van der Waals surface area contributed by atoms with E-state index < -0.39 is 0 Å². The molecule has 0 radical (unpaired) electrons. The number of benzene rings is 1. The molecule has 122 valence electrons. The second-order valence-electron chi connectivity index (χ2n) is 5.86. The molecule has 1 saturated heterocycles. The van der Waals surface area contributed by atoms with Gasteiger partial charge >= 0.3 is 0 Å². The average molecular weight is 317 g/mol. The predicted molar refractivity (Wildman–Crippen MR) is 83.6 cm³/mol. The number of hydrogen-bond donors (Lipinski definition) is 0. The summed E-state index contributed by atoms with van der Waals surface area (Å²) in [6, 6.07) is 8.19. The van der Waals surface area contributed by atoms with E-state index in [-0.39, 0.29) is 17.8 Å².